The van der Waals surface area contributed by atoms with E-state index in [1.165, 1.54) is 22.7 Å². The zero-order chi connectivity index (χ0) is 15.6. The van der Waals surface area contributed by atoms with Crippen molar-refractivity contribution >= 4 is 32.7 Å². The van der Waals surface area contributed by atoms with E-state index >= 15 is 0 Å². The Morgan fingerprint density at radius 1 is 1.18 bits per heavy atom. The van der Waals surface area contributed by atoms with E-state index in [0.29, 0.717) is 4.21 Å². The van der Waals surface area contributed by atoms with Crippen molar-refractivity contribution in [1.82, 2.24) is 14.7 Å². The minimum atomic E-state index is -3.47. The minimum Gasteiger partial charge on any atom is -0.265 e. The van der Waals surface area contributed by atoms with E-state index in [9.17, 15) is 8.42 Å². The van der Waals surface area contributed by atoms with E-state index in [4.69, 9.17) is 0 Å². The van der Waals surface area contributed by atoms with Crippen LogP contribution in [-0.4, -0.2) is 18.4 Å². The number of hydrogen-bond acceptors (Lipinski definition) is 6. The molecule has 22 heavy (non-hydrogen) atoms. The summed E-state index contributed by atoms with van der Waals surface area (Å²) < 4.78 is 27.2. The number of hydrogen-bond donors (Lipinski definition) is 1. The lowest BCUT2D eigenvalue weighted by molar-refractivity contribution is 0.583. The zero-order valence-corrected chi connectivity index (χ0v) is 14.1. The highest BCUT2D eigenvalue weighted by atomic mass is 32.2. The predicted octanol–water partition coefficient (Wildman–Crippen LogP) is 3.05. The van der Waals surface area contributed by atoms with Gasteiger partial charge in [-0.15, -0.1) is 22.7 Å². The quantitative estimate of drug-likeness (QED) is 0.767. The molecule has 8 heteroatoms. The van der Waals surface area contributed by atoms with E-state index in [2.05, 4.69) is 14.7 Å². The van der Waals surface area contributed by atoms with Crippen molar-refractivity contribution < 1.29 is 8.42 Å². The van der Waals surface area contributed by atoms with Crippen molar-refractivity contribution in [3.63, 3.8) is 0 Å². The third kappa shape index (κ3) is 3.41. The Bertz CT molecular complexity index is 870. The highest BCUT2D eigenvalue weighted by molar-refractivity contribution is 7.91. The van der Waals surface area contributed by atoms with Crippen molar-refractivity contribution in [1.29, 1.82) is 0 Å². The molecule has 3 rings (SSSR count). The summed E-state index contributed by atoms with van der Waals surface area (Å²) in [5.41, 5.74) is 1.79. The van der Waals surface area contributed by atoms with Crippen LogP contribution in [0.4, 0.5) is 0 Å². The summed E-state index contributed by atoms with van der Waals surface area (Å²) in [6, 6.07) is 7.16. The van der Waals surface area contributed by atoms with Crippen LogP contribution in [0.3, 0.4) is 0 Å². The Morgan fingerprint density at radius 2 is 1.95 bits per heavy atom. The smallest absolute Gasteiger partial charge is 0.250 e. The second-order valence-corrected chi connectivity index (χ2v) is 8.78. The standard InChI is InChI=1S/C14H13N3O2S3/c1-10-2-3-14(21-10)22(18,19)16-8-13-17-12(9-20-13)11-4-6-15-7-5-11/h2-7,9,16H,8H2,1H3. The molecule has 0 saturated heterocycles. The van der Waals surface area contributed by atoms with Crippen molar-refractivity contribution in [2.75, 3.05) is 0 Å². The molecular weight excluding hydrogens is 338 g/mol. The first-order valence-corrected chi connectivity index (χ1v) is 9.63. The number of pyridine rings is 1. The highest BCUT2D eigenvalue weighted by Crippen LogP contribution is 2.23. The van der Waals surface area contributed by atoms with E-state index in [-0.39, 0.29) is 6.54 Å². The van der Waals surface area contributed by atoms with Gasteiger partial charge in [-0.25, -0.2) is 18.1 Å². The number of thiophene rings is 1. The lowest BCUT2D eigenvalue weighted by Crippen LogP contribution is -2.22. The number of rotatable bonds is 5. The normalized spacial score (nSPS) is 11.7. The molecule has 5 nitrogen and oxygen atoms in total. The Hall–Kier alpha value is -1.61. The van der Waals surface area contributed by atoms with Gasteiger partial charge in [-0.2, -0.15) is 0 Å². The van der Waals surface area contributed by atoms with Crippen LogP contribution < -0.4 is 4.72 Å². The Kier molecular flexibility index (Phi) is 4.34. The Morgan fingerprint density at radius 3 is 2.64 bits per heavy atom. The molecule has 0 fully saturated rings. The van der Waals surface area contributed by atoms with Gasteiger partial charge in [0.1, 0.15) is 9.22 Å². The number of aromatic nitrogens is 2. The van der Waals surface area contributed by atoms with Gasteiger partial charge in [-0.1, -0.05) is 0 Å². The van der Waals surface area contributed by atoms with Crippen LogP contribution in [0.15, 0.2) is 46.2 Å². The fourth-order valence-corrected chi connectivity index (χ4v) is 4.98. The molecule has 0 aliphatic carbocycles. The molecule has 3 aromatic heterocycles. The maximum atomic E-state index is 12.2. The van der Waals surface area contributed by atoms with Gasteiger partial charge < -0.3 is 0 Å². The summed E-state index contributed by atoms with van der Waals surface area (Å²) in [6.45, 7) is 2.07. The lowest BCUT2D eigenvalue weighted by atomic mass is 10.2. The summed E-state index contributed by atoms with van der Waals surface area (Å²) in [7, 11) is -3.47. The van der Waals surface area contributed by atoms with Crippen molar-refractivity contribution in [2.24, 2.45) is 0 Å². The summed E-state index contributed by atoms with van der Waals surface area (Å²) in [4.78, 5) is 9.38. The van der Waals surface area contributed by atoms with E-state index in [1.807, 2.05) is 24.4 Å². The third-order valence-electron chi connectivity index (χ3n) is 2.92. The molecule has 0 aliphatic heterocycles. The first-order valence-electron chi connectivity index (χ1n) is 6.45. The molecular formula is C14H13N3O2S3. The molecule has 1 N–H and O–H groups in total. The maximum Gasteiger partial charge on any atom is 0.250 e. The van der Waals surface area contributed by atoms with Gasteiger partial charge in [0.2, 0.25) is 10.0 Å². The van der Waals surface area contributed by atoms with Crippen LogP contribution in [0, 0.1) is 6.92 Å². The molecule has 3 aromatic rings. The predicted molar refractivity (Wildman–Crippen MR) is 88.4 cm³/mol. The third-order valence-corrected chi connectivity index (χ3v) is 6.66. The second kappa shape index (κ2) is 6.25. The topological polar surface area (TPSA) is 72.0 Å². The van der Waals surface area contributed by atoms with Crippen molar-refractivity contribution in [3.05, 3.63) is 51.9 Å². The van der Waals surface area contributed by atoms with Crippen LogP contribution in [0.2, 0.25) is 0 Å². The largest absolute Gasteiger partial charge is 0.265 e. The van der Waals surface area contributed by atoms with Gasteiger partial charge in [-0.3, -0.25) is 4.98 Å². The molecule has 0 aromatic carbocycles. The van der Waals surface area contributed by atoms with E-state index in [1.54, 1.807) is 24.5 Å². The molecule has 0 amide bonds. The SMILES string of the molecule is Cc1ccc(S(=O)(=O)NCc2nc(-c3ccncc3)cs2)s1. The number of thiazole rings is 1. The first-order chi connectivity index (χ1) is 10.5. The minimum absolute atomic E-state index is 0.190. The maximum absolute atomic E-state index is 12.2. The molecule has 0 atom stereocenters. The average molecular weight is 351 g/mol. The van der Waals surface area contributed by atoms with Crippen molar-refractivity contribution in [2.45, 2.75) is 17.7 Å². The van der Waals surface area contributed by atoms with Crippen LogP contribution >= 0.6 is 22.7 Å². The monoisotopic (exact) mass is 351 g/mol. The second-order valence-electron chi connectivity index (χ2n) is 4.55. The molecule has 114 valence electrons. The number of sulfonamides is 1. The fraction of sp³-hybridized carbons (Fsp3) is 0.143. The van der Waals surface area contributed by atoms with Crippen molar-refractivity contribution in [3.8, 4) is 11.3 Å². The molecule has 0 aliphatic rings. The zero-order valence-electron chi connectivity index (χ0n) is 11.7. The Balaban J connectivity index is 1.71. The van der Waals surface area contributed by atoms with Gasteiger partial charge in [-0.05, 0) is 31.2 Å². The first kappa shape index (κ1) is 15.3. The van der Waals surface area contributed by atoms with Crippen LogP contribution in [-0.2, 0) is 16.6 Å². The van der Waals surface area contributed by atoms with Gasteiger partial charge in [0, 0.05) is 28.2 Å². The number of aryl methyl sites for hydroxylation is 1. The molecule has 0 unspecified atom stereocenters. The summed E-state index contributed by atoms with van der Waals surface area (Å²) in [5, 5.41) is 2.64. The van der Waals surface area contributed by atoms with E-state index in [0.717, 1.165) is 21.1 Å². The van der Waals surface area contributed by atoms with Crippen LogP contribution in [0.1, 0.15) is 9.88 Å². The van der Waals surface area contributed by atoms with Gasteiger partial charge in [0.05, 0.1) is 12.2 Å². The fourth-order valence-electron chi connectivity index (χ4n) is 1.83. The molecule has 0 spiro atoms. The average Bonchev–Trinajstić information content (AvgIpc) is 3.15. The van der Waals surface area contributed by atoms with Gasteiger partial charge >= 0.3 is 0 Å². The Labute approximate surface area is 136 Å². The van der Waals surface area contributed by atoms with Crippen LogP contribution in [0.5, 0.6) is 0 Å². The molecule has 0 radical (unpaired) electrons. The van der Waals surface area contributed by atoms with Gasteiger partial charge in [0.15, 0.2) is 0 Å². The number of nitrogens with zero attached hydrogens (tertiary/aromatic N) is 2. The molecule has 3 heterocycles. The summed E-state index contributed by atoms with van der Waals surface area (Å²) >= 11 is 2.69. The van der Waals surface area contributed by atoms with Crippen LogP contribution in [0.25, 0.3) is 11.3 Å². The van der Waals surface area contributed by atoms with E-state index < -0.39 is 10.0 Å². The lowest BCUT2D eigenvalue weighted by Gasteiger charge is -2.02. The molecule has 0 bridgehead atoms. The van der Waals surface area contributed by atoms with Gasteiger partial charge in [0.25, 0.3) is 0 Å². The summed E-state index contributed by atoms with van der Waals surface area (Å²) in [5.74, 6) is 0. The molecule has 0 saturated carbocycles. The summed E-state index contributed by atoms with van der Waals surface area (Å²) in [6.07, 6.45) is 3.41. The highest BCUT2D eigenvalue weighted by Gasteiger charge is 2.16. The number of nitrogens with one attached hydrogen (secondary N) is 1.